The summed E-state index contributed by atoms with van der Waals surface area (Å²) in [5.41, 5.74) is 7.16. The molecule has 0 unspecified atom stereocenters. The monoisotopic (exact) mass is 202 g/mol. The average molecular weight is 202 g/mol. The number of carbonyl (C=O) groups excluding carboxylic acids is 1. The van der Waals surface area contributed by atoms with Crippen LogP contribution in [0, 0.1) is 6.92 Å². The van der Waals surface area contributed by atoms with Crippen LogP contribution in [-0.4, -0.2) is 16.0 Å². The van der Waals surface area contributed by atoms with Crippen molar-refractivity contribution in [1.82, 2.24) is 9.97 Å². The molecule has 0 aromatic carbocycles. The van der Waals surface area contributed by atoms with Gasteiger partial charge in [-0.05, 0) is 25.1 Å². The van der Waals surface area contributed by atoms with Gasteiger partial charge in [0.2, 0.25) is 0 Å². The molecule has 5 heteroatoms. The molecule has 0 aliphatic carbocycles. The lowest BCUT2D eigenvalue weighted by Crippen LogP contribution is -2.19. The average Bonchev–Trinajstić information content (AvgIpc) is 2.16. The van der Waals surface area contributed by atoms with Crippen LogP contribution >= 0.6 is 0 Å². The normalized spacial score (nSPS) is 10.2. The fraction of sp³-hybridized carbons (Fsp3) is 0.100. The lowest BCUT2D eigenvalue weighted by Gasteiger charge is -2.05. The third-order valence-corrected chi connectivity index (χ3v) is 2.00. The number of aryl methyl sites for hydroxylation is 1. The molecule has 0 saturated heterocycles. The van der Waals surface area contributed by atoms with Crippen LogP contribution in [0.15, 0.2) is 24.4 Å². The first-order chi connectivity index (χ1) is 7.16. The molecule has 5 nitrogen and oxygen atoms in total. The van der Waals surface area contributed by atoms with Crippen LogP contribution in [-0.2, 0) is 0 Å². The van der Waals surface area contributed by atoms with Gasteiger partial charge in [-0.1, -0.05) is 0 Å². The van der Waals surface area contributed by atoms with Gasteiger partial charge < -0.3 is 11.1 Å². The predicted molar refractivity (Wildman–Crippen MR) is 57.5 cm³/mol. The molecule has 2 amide bonds. The van der Waals surface area contributed by atoms with Crippen molar-refractivity contribution in [2.45, 2.75) is 6.92 Å². The van der Waals surface area contributed by atoms with Crippen molar-refractivity contribution in [2.75, 3.05) is 5.32 Å². The van der Waals surface area contributed by atoms with Gasteiger partial charge in [-0.2, -0.15) is 0 Å². The van der Waals surface area contributed by atoms with Gasteiger partial charge in [0.1, 0.15) is 0 Å². The molecule has 0 radical (unpaired) electrons. The van der Waals surface area contributed by atoms with Gasteiger partial charge in [-0.25, -0.2) is 14.8 Å². The number of aromatic nitrogens is 2. The quantitative estimate of drug-likeness (QED) is 0.733. The van der Waals surface area contributed by atoms with E-state index in [-0.39, 0.29) is 0 Å². The van der Waals surface area contributed by atoms with Crippen LogP contribution in [0.25, 0.3) is 11.0 Å². The number of urea groups is 1. The second-order valence-corrected chi connectivity index (χ2v) is 3.17. The molecule has 2 heterocycles. The first kappa shape index (κ1) is 9.39. The number of nitrogens with two attached hydrogens (primary N) is 1. The van der Waals surface area contributed by atoms with Gasteiger partial charge in [0.15, 0.2) is 5.65 Å². The molecule has 0 atom stereocenters. The maximum atomic E-state index is 10.7. The SMILES string of the molecule is Cc1ccc2c(NC(N)=O)ccnc2n1. The number of hydrogen-bond acceptors (Lipinski definition) is 3. The Morgan fingerprint density at radius 2 is 2.20 bits per heavy atom. The highest BCUT2D eigenvalue weighted by Gasteiger charge is 2.04. The number of fused-ring (bicyclic) bond motifs is 1. The Bertz CT molecular complexity index is 524. The van der Waals surface area contributed by atoms with Gasteiger partial charge in [-0.15, -0.1) is 0 Å². The van der Waals surface area contributed by atoms with Crippen molar-refractivity contribution in [3.05, 3.63) is 30.1 Å². The topological polar surface area (TPSA) is 80.9 Å². The summed E-state index contributed by atoms with van der Waals surface area (Å²) < 4.78 is 0. The second kappa shape index (κ2) is 3.53. The van der Waals surface area contributed by atoms with Crippen LogP contribution in [0.3, 0.4) is 0 Å². The van der Waals surface area contributed by atoms with Crippen LogP contribution in [0.4, 0.5) is 10.5 Å². The number of nitrogens with one attached hydrogen (secondary N) is 1. The minimum atomic E-state index is -0.594. The lowest BCUT2D eigenvalue weighted by molar-refractivity contribution is 0.259. The molecule has 0 aliphatic heterocycles. The molecular formula is C10H10N4O. The van der Waals surface area contributed by atoms with Crippen molar-refractivity contribution in [3.8, 4) is 0 Å². The smallest absolute Gasteiger partial charge is 0.316 e. The summed E-state index contributed by atoms with van der Waals surface area (Å²) in [4.78, 5) is 19.1. The maximum Gasteiger partial charge on any atom is 0.316 e. The highest BCUT2D eigenvalue weighted by Crippen LogP contribution is 2.19. The predicted octanol–water partition coefficient (Wildman–Crippen LogP) is 1.43. The Hall–Kier alpha value is -2.17. The van der Waals surface area contributed by atoms with Gasteiger partial charge in [-0.3, -0.25) is 0 Å². The Kier molecular flexibility index (Phi) is 2.21. The van der Waals surface area contributed by atoms with E-state index in [1.54, 1.807) is 12.3 Å². The zero-order valence-electron chi connectivity index (χ0n) is 8.19. The minimum Gasteiger partial charge on any atom is -0.351 e. The highest BCUT2D eigenvalue weighted by atomic mass is 16.2. The van der Waals surface area contributed by atoms with Gasteiger partial charge in [0.25, 0.3) is 0 Å². The van der Waals surface area contributed by atoms with Crippen LogP contribution in [0.2, 0.25) is 0 Å². The standard InChI is InChI=1S/C10H10N4O/c1-6-2-3-7-8(14-10(11)15)4-5-12-9(7)13-6/h2-5H,1H3,(H3,11,12,13,14,15). The van der Waals surface area contributed by atoms with E-state index in [0.29, 0.717) is 11.3 Å². The number of pyridine rings is 2. The van der Waals surface area contributed by atoms with Gasteiger partial charge in [0, 0.05) is 17.3 Å². The summed E-state index contributed by atoms with van der Waals surface area (Å²) in [6, 6.07) is 4.80. The summed E-state index contributed by atoms with van der Waals surface area (Å²) in [6.07, 6.45) is 1.58. The van der Waals surface area contributed by atoms with E-state index in [2.05, 4.69) is 15.3 Å². The fourth-order valence-electron chi connectivity index (χ4n) is 1.37. The number of hydrogen-bond donors (Lipinski definition) is 2. The van der Waals surface area contributed by atoms with E-state index in [1.807, 2.05) is 19.1 Å². The number of primary amides is 1. The van der Waals surface area contributed by atoms with E-state index >= 15 is 0 Å². The van der Waals surface area contributed by atoms with Crippen LogP contribution in [0.5, 0.6) is 0 Å². The van der Waals surface area contributed by atoms with Crippen molar-refractivity contribution in [2.24, 2.45) is 5.73 Å². The number of carbonyl (C=O) groups is 1. The molecule has 3 N–H and O–H groups in total. The Balaban J connectivity index is 2.60. The summed E-state index contributed by atoms with van der Waals surface area (Å²) in [6.45, 7) is 1.88. The fourth-order valence-corrected chi connectivity index (χ4v) is 1.37. The lowest BCUT2D eigenvalue weighted by atomic mass is 10.2. The molecular weight excluding hydrogens is 192 g/mol. The molecule has 15 heavy (non-hydrogen) atoms. The summed E-state index contributed by atoms with van der Waals surface area (Å²) in [5, 5.41) is 3.31. The molecule has 76 valence electrons. The van der Waals surface area contributed by atoms with Crippen molar-refractivity contribution < 1.29 is 4.79 Å². The molecule has 0 fully saturated rings. The van der Waals surface area contributed by atoms with E-state index in [0.717, 1.165) is 11.1 Å². The summed E-state index contributed by atoms with van der Waals surface area (Å²) >= 11 is 0. The number of anilines is 1. The van der Waals surface area contributed by atoms with Crippen LogP contribution in [0.1, 0.15) is 5.69 Å². The zero-order chi connectivity index (χ0) is 10.8. The third-order valence-electron chi connectivity index (χ3n) is 2.00. The van der Waals surface area contributed by atoms with E-state index in [1.165, 1.54) is 0 Å². The van der Waals surface area contributed by atoms with E-state index < -0.39 is 6.03 Å². The highest BCUT2D eigenvalue weighted by molar-refractivity contribution is 5.98. The van der Waals surface area contributed by atoms with Gasteiger partial charge in [0.05, 0.1) is 5.69 Å². The van der Waals surface area contributed by atoms with Crippen molar-refractivity contribution in [1.29, 1.82) is 0 Å². The van der Waals surface area contributed by atoms with E-state index in [4.69, 9.17) is 5.73 Å². The molecule has 0 saturated carbocycles. The summed E-state index contributed by atoms with van der Waals surface area (Å²) in [5.74, 6) is 0. The first-order valence-corrected chi connectivity index (χ1v) is 4.45. The zero-order valence-corrected chi connectivity index (χ0v) is 8.19. The van der Waals surface area contributed by atoms with Crippen molar-refractivity contribution >= 4 is 22.8 Å². The van der Waals surface area contributed by atoms with Gasteiger partial charge >= 0.3 is 6.03 Å². The molecule has 2 aromatic rings. The number of amides is 2. The third kappa shape index (κ3) is 1.85. The molecule has 0 spiro atoms. The number of rotatable bonds is 1. The summed E-state index contributed by atoms with van der Waals surface area (Å²) in [7, 11) is 0. The van der Waals surface area contributed by atoms with Crippen molar-refractivity contribution in [3.63, 3.8) is 0 Å². The largest absolute Gasteiger partial charge is 0.351 e. The Labute approximate surface area is 86.3 Å². The molecule has 2 rings (SSSR count). The molecule has 0 bridgehead atoms. The maximum absolute atomic E-state index is 10.7. The first-order valence-electron chi connectivity index (χ1n) is 4.45. The minimum absolute atomic E-state index is 0.594. The Morgan fingerprint density at radius 1 is 1.40 bits per heavy atom. The number of nitrogens with zero attached hydrogens (tertiary/aromatic N) is 2. The Morgan fingerprint density at radius 3 is 2.93 bits per heavy atom. The van der Waals surface area contributed by atoms with Crippen LogP contribution < -0.4 is 11.1 Å². The molecule has 2 aromatic heterocycles. The second-order valence-electron chi connectivity index (χ2n) is 3.17. The molecule has 0 aliphatic rings. The van der Waals surface area contributed by atoms with E-state index in [9.17, 15) is 4.79 Å².